The predicted octanol–water partition coefficient (Wildman–Crippen LogP) is 1.68. The molecule has 3 rings (SSSR count). The maximum atomic E-state index is 13.1. The van der Waals surface area contributed by atoms with Gasteiger partial charge in [0.15, 0.2) is 0 Å². The Kier molecular flexibility index (Phi) is 6.03. The Morgan fingerprint density at radius 1 is 1.00 bits per heavy atom. The maximum Gasteiger partial charge on any atom is 0.334 e. The molecular weight excluding hydrogens is 363 g/mol. The van der Waals surface area contributed by atoms with E-state index in [9.17, 15) is 14.0 Å². The van der Waals surface area contributed by atoms with Crippen molar-refractivity contribution in [2.75, 3.05) is 12.1 Å². The van der Waals surface area contributed by atoms with Gasteiger partial charge >= 0.3 is 5.69 Å². The summed E-state index contributed by atoms with van der Waals surface area (Å²) in [6.45, 7) is 0.248. The highest BCUT2D eigenvalue weighted by Gasteiger charge is 2.14. The molecular formula is C20H21FN4O3. The van der Waals surface area contributed by atoms with E-state index in [-0.39, 0.29) is 24.9 Å². The predicted molar refractivity (Wildman–Crippen MR) is 104 cm³/mol. The van der Waals surface area contributed by atoms with Gasteiger partial charge in [0.2, 0.25) is 0 Å². The number of anilines is 1. The third kappa shape index (κ3) is 4.54. The molecule has 0 saturated heterocycles. The van der Waals surface area contributed by atoms with Crippen molar-refractivity contribution in [2.45, 2.75) is 19.9 Å². The summed E-state index contributed by atoms with van der Waals surface area (Å²) in [4.78, 5) is 25.4. The molecule has 1 heterocycles. The molecule has 0 amide bonds. The van der Waals surface area contributed by atoms with Crippen molar-refractivity contribution in [2.24, 2.45) is 5.84 Å². The first kappa shape index (κ1) is 19.5. The van der Waals surface area contributed by atoms with Crippen LogP contribution in [0.5, 0.6) is 0 Å². The first-order valence-electron chi connectivity index (χ1n) is 8.65. The number of hydrazine groups is 1. The molecule has 0 unspecified atom stereocenters. The van der Waals surface area contributed by atoms with Crippen LogP contribution in [0.2, 0.25) is 0 Å². The first-order chi connectivity index (χ1) is 13.5. The smallest absolute Gasteiger partial charge is 0.334 e. The molecule has 1 aromatic heterocycles. The van der Waals surface area contributed by atoms with Gasteiger partial charge in [0.1, 0.15) is 18.4 Å². The first-order valence-corrected chi connectivity index (χ1v) is 8.65. The van der Waals surface area contributed by atoms with Crippen LogP contribution in [0.1, 0.15) is 11.1 Å². The van der Waals surface area contributed by atoms with Gasteiger partial charge in [-0.15, -0.1) is 0 Å². The quantitative estimate of drug-likeness (QED) is 0.495. The van der Waals surface area contributed by atoms with Gasteiger partial charge in [-0.2, -0.15) is 0 Å². The van der Waals surface area contributed by atoms with E-state index in [0.717, 1.165) is 10.1 Å². The minimum absolute atomic E-state index is 0.0190. The third-order valence-electron chi connectivity index (χ3n) is 4.20. The SMILES string of the molecule is CN(N)c1cc(=O)n(Cc2ccc(F)cc2)c(=O)n1COCc1ccccc1. The fourth-order valence-electron chi connectivity index (χ4n) is 2.76. The Hall–Kier alpha value is -3.23. The van der Waals surface area contributed by atoms with E-state index in [0.29, 0.717) is 12.2 Å². The van der Waals surface area contributed by atoms with E-state index < -0.39 is 11.2 Å². The monoisotopic (exact) mass is 384 g/mol. The van der Waals surface area contributed by atoms with Gasteiger partial charge < -0.3 is 4.74 Å². The molecule has 146 valence electrons. The van der Waals surface area contributed by atoms with Crippen LogP contribution in [-0.2, 0) is 24.6 Å². The fraction of sp³-hybridized carbons (Fsp3) is 0.200. The Morgan fingerprint density at radius 3 is 2.32 bits per heavy atom. The Balaban J connectivity index is 1.89. The van der Waals surface area contributed by atoms with Gasteiger partial charge in [0.05, 0.1) is 13.2 Å². The van der Waals surface area contributed by atoms with E-state index in [1.165, 1.54) is 47.0 Å². The number of halogens is 1. The molecule has 0 bridgehead atoms. The number of ether oxygens (including phenoxy) is 1. The number of nitrogens with two attached hydrogens (primary N) is 1. The van der Waals surface area contributed by atoms with E-state index in [1.807, 2.05) is 30.3 Å². The van der Waals surface area contributed by atoms with E-state index in [1.54, 1.807) is 0 Å². The second kappa shape index (κ2) is 8.64. The van der Waals surface area contributed by atoms with Crippen LogP contribution in [0.25, 0.3) is 0 Å². The highest BCUT2D eigenvalue weighted by molar-refractivity contribution is 5.35. The lowest BCUT2D eigenvalue weighted by Crippen LogP contribution is -2.44. The second-order valence-electron chi connectivity index (χ2n) is 6.34. The molecule has 3 aromatic rings. The lowest BCUT2D eigenvalue weighted by atomic mass is 10.2. The Labute approximate surface area is 161 Å². The summed E-state index contributed by atoms with van der Waals surface area (Å²) >= 11 is 0. The molecule has 28 heavy (non-hydrogen) atoms. The van der Waals surface area contributed by atoms with Crippen molar-refractivity contribution >= 4 is 5.82 Å². The van der Waals surface area contributed by atoms with E-state index in [2.05, 4.69) is 0 Å². The molecule has 2 N–H and O–H groups in total. The largest absolute Gasteiger partial charge is 0.356 e. The molecule has 7 nitrogen and oxygen atoms in total. The van der Waals surface area contributed by atoms with E-state index >= 15 is 0 Å². The van der Waals surface area contributed by atoms with Crippen molar-refractivity contribution in [3.05, 3.63) is 98.4 Å². The maximum absolute atomic E-state index is 13.1. The summed E-state index contributed by atoms with van der Waals surface area (Å²) < 4.78 is 21.1. The Bertz CT molecular complexity index is 1040. The van der Waals surface area contributed by atoms with Gasteiger partial charge in [-0.3, -0.25) is 18.9 Å². The van der Waals surface area contributed by atoms with Gasteiger partial charge in [-0.1, -0.05) is 42.5 Å². The van der Waals surface area contributed by atoms with Gasteiger partial charge in [-0.25, -0.2) is 15.0 Å². The van der Waals surface area contributed by atoms with Crippen LogP contribution in [0, 0.1) is 5.82 Å². The summed E-state index contributed by atoms with van der Waals surface area (Å²) in [5.74, 6) is 5.63. The summed E-state index contributed by atoms with van der Waals surface area (Å²) in [7, 11) is 1.53. The van der Waals surface area contributed by atoms with E-state index in [4.69, 9.17) is 10.6 Å². The van der Waals surface area contributed by atoms with Crippen molar-refractivity contribution in [3.8, 4) is 0 Å². The van der Waals surface area contributed by atoms with Crippen LogP contribution in [0.3, 0.4) is 0 Å². The number of rotatable bonds is 7. The van der Waals surface area contributed by atoms with Crippen molar-refractivity contribution < 1.29 is 9.13 Å². The lowest BCUT2D eigenvalue weighted by molar-refractivity contribution is 0.0607. The average molecular weight is 384 g/mol. The topological polar surface area (TPSA) is 82.5 Å². The lowest BCUT2D eigenvalue weighted by Gasteiger charge is -2.20. The molecule has 0 spiro atoms. The molecule has 0 aliphatic rings. The number of hydrogen-bond acceptors (Lipinski definition) is 5. The standard InChI is InChI=1S/C20H21FN4O3/c1-23(22)18-11-19(26)24(12-15-7-9-17(21)10-8-15)20(27)25(18)14-28-13-16-5-3-2-4-6-16/h2-11H,12-14,22H2,1H3. The normalized spacial score (nSPS) is 10.8. The molecule has 0 aliphatic carbocycles. The number of hydrogen-bond donors (Lipinski definition) is 1. The highest BCUT2D eigenvalue weighted by Crippen LogP contribution is 2.08. The van der Waals surface area contributed by atoms with Gasteiger partial charge in [0, 0.05) is 13.1 Å². The summed E-state index contributed by atoms with van der Waals surface area (Å²) in [6.07, 6.45) is 0. The highest BCUT2D eigenvalue weighted by atomic mass is 19.1. The zero-order valence-corrected chi connectivity index (χ0v) is 15.4. The second-order valence-corrected chi connectivity index (χ2v) is 6.34. The van der Waals surface area contributed by atoms with Crippen LogP contribution in [-0.4, -0.2) is 16.2 Å². The van der Waals surface area contributed by atoms with Crippen LogP contribution in [0.4, 0.5) is 10.2 Å². The zero-order valence-electron chi connectivity index (χ0n) is 15.4. The molecule has 0 saturated carbocycles. The molecule has 0 fully saturated rings. The number of benzene rings is 2. The molecule has 8 heteroatoms. The zero-order chi connectivity index (χ0) is 20.1. The van der Waals surface area contributed by atoms with Crippen LogP contribution >= 0.6 is 0 Å². The Morgan fingerprint density at radius 2 is 1.68 bits per heavy atom. The van der Waals surface area contributed by atoms with Gasteiger partial charge in [-0.05, 0) is 23.3 Å². The van der Waals surface area contributed by atoms with Crippen molar-refractivity contribution in [1.82, 2.24) is 9.13 Å². The molecule has 2 aromatic carbocycles. The van der Waals surface area contributed by atoms with Crippen molar-refractivity contribution in [1.29, 1.82) is 0 Å². The molecule has 0 aliphatic heterocycles. The summed E-state index contributed by atoms with van der Waals surface area (Å²) in [6, 6.07) is 16.4. The minimum atomic E-state index is -0.558. The number of nitrogens with zero attached hydrogens (tertiary/aromatic N) is 3. The summed E-state index contributed by atoms with van der Waals surface area (Å²) in [5, 5.41) is 1.19. The fourth-order valence-corrected chi connectivity index (χ4v) is 2.76. The van der Waals surface area contributed by atoms with Gasteiger partial charge in [0.25, 0.3) is 5.56 Å². The van der Waals surface area contributed by atoms with Crippen molar-refractivity contribution in [3.63, 3.8) is 0 Å². The molecule has 0 radical (unpaired) electrons. The average Bonchev–Trinajstić information content (AvgIpc) is 2.68. The van der Waals surface area contributed by atoms with Crippen LogP contribution in [0.15, 0.2) is 70.3 Å². The van der Waals surface area contributed by atoms with Crippen LogP contribution < -0.4 is 22.1 Å². The summed E-state index contributed by atoms with van der Waals surface area (Å²) in [5.41, 5.74) is 0.530. The number of aromatic nitrogens is 2. The minimum Gasteiger partial charge on any atom is -0.356 e. The third-order valence-corrected chi connectivity index (χ3v) is 4.20. The molecule has 0 atom stereocenters.